The molecule has 1 aromatic heterocycles. The second-order valence-corrected chi connectivity index (χ2v) is 4.47. The van der Waals surface area contributed by atoms with Gasteiger partial charge in [-0.1, -0.05) is 43.3 Å². The quantitative estimate of drug-likeness (QED) is 0.866. The fourth-order valence-electron chi connectivity index (χ4n) is 2.22. The van der Waals surface area contributed by atoms with E-state index in [4.69, 9.17) is 0 Å². The van der Waals surface area contributed by atoms with Gasteiger partial charge in [0.15, 0.2) is 0 Å². The van der Waals surface area contributed by atoms with Crippen molar-refractivity contribution in [1.82, 2.24) is 10.3 Å². The zero-order valence-electron chi connectivity index (χ0n) is 10.4. The predicted octanol–water partition coefficient (Wildman–Crippen LogP) is 2.61. The number of nitrogens with zero attached hydrogens (tertiary/aromatic N) is 1. The summed E-state index contributed by atoms with van der Waals surface area (Å²) < 4.78 is 0. The standard InChI is InChI=1S/C15H18N2/c1-15(12-16-2,13-7-4-3-5-8-13)14-9-6-10-17-11-14/h3-11,16H,12H2,1-2H3. The fourth-order valence-corrected chi connectivity index (χ4v) is 2.22. The van der Waals surface area contributed by atoms with Crippen molar-refractivity contribution >= 4 is 0 Å². The van der Waals surface area contributed by atoms with Gasteiger partial charge in [0.2, 0.25) is 0 Å². The van der Waals surface area contributed by atoms with Crippen LogP contribution in [0.2, 0.25) is 0 Å². The molecule has 2 heteroatoms. The monoisotopic (exact) mass is 226 g/mol. The van der Waals surface area contributed by atoms with Crippen LogP contribution in [0.1, 0.15) is 18.1 Å². The molecular weight excluding hydrogens is 208 g/mol. The predicted molar refractivity (Wildman–Crippen MR) is 71.1 cm³/mol. The first-order valence-electron chi connectivity index (χ1n) is 5.88. The van der Waals surface area contributed by atoms with E-state index in [0.717, 1.165) is 6.54 Å². The molecule has 0 aliphatic carbocycles. The van der Waals surface area contributed by atoms with Gasteiger partial charge in [-0.05, 0) is 24.2 Å². The molecule has 2 rings (SSSR count). The number of hydrogen-bond acceptors (Lipinski definition) is 2. The largest absolute Gasteiger partial charge is 0.319 e. The van der Waals surface area contributed by atoms with Crippen LogP contribution in [0.15, 0.2) is 54.9 Å². The highest BCUT2D eigenvalue weighted by Gasteiger charge is 2.27. The minimum atomic E-state index is -0.0374. The van der Waals surface area contributed by atoms with Crippen LogP contribution in [-0.2, 0) is 5.41 Å². The summed E-state index contributed by atoms with van der Waals surface area (Å²) in [4.78, 5) is 4.23. The molecule has 0 spiro atoms. The van der Waals surface area contributed by atoms with Crippen molar-refractivity contribution < 1.29 is 0 Å². The number of pyridine rings is 1. The lowest BCUT2D eigenvalue weighted by Gasteiger charge is -2.30. The zero-order chi connectivity index (χ0) is 12.1. The maximum atomic E-state index is 4.23. The van der Waals surface area contributed by atoms with Gasteiger partial charge < -0.3 is 5.32 Å². The molecule has 17 heavy (non-hydrogen) atoms. The molecular formula is C15H18N2. The summed E-state index contributed by atoms with van der Waals surface area (Å²) in [7, 11) is 1.98. The molecule has 1 N–H and O–H groups in total. The van der Waals surface area contributed by atoms with E-state index < -0.39 is 0 Å². The van der Waals surface area contributed by atoms with Crippen molar-refractivity contribution in [3.63, 3.8) is 0 Å². The highest BCUT2D eigenvalue weighted by Crippen LogP contribution is 2.30. The number of hydrogen-bond donors (Lipinski definition) is 1. The second-order valence-electron chi connectivity index (χ2n) is 4.47. The van der Waals surface area contributed by atoms with Gasteiger partial charge in [0.1, 0.15) is 0 Å². The molecule has 0 bridgehead atoms. The maximum absolute atomic E-state index is 4.23. The molecule has 0 saturated carbocycles. The minimum Gasteiger partial charge on any atom is -0.319 e. The van der Waals surface area contributed by atoms with Gasteiger partial charge in [-0.25, -0.2) is 0 Å². The van der Waals surface area contributed by atoms with E-state index in [0.29, 0.717) is 0 Å². The zero-order valence-corrected chi connectivity index (χ0v) is 10.4. The van der Waals surface area contributed by atoms with E-state index in [1.54, 1.807) is 0 Å². The first-order chi connectivity index (χ1) is 8.27. The van der Waals surface area contributed by atoms with Crippen LogP contribution >= 0.6 is 0 Å². The highest BCUT2D eigenvalue weighted by atomic mass is 14.8. The Morgan fingerprint density at radius 2 is 1.76 bits per heavy atom. The van der Waals surface area contributed by atoms with E-state index in [2.05, 4.69) is 47.6 Å². The molecule has 1 heterocycles. The number of rotatable bonds is 4. The molecule has 2 aromatic rings. The lowest BCUT2D eigenvalue weighted by molar-refractivity contribution is 0.530. The van der Waals surface area contributed by atoms with Crippen molar-refractivity contribution in [2.45, 2.75) is 12.3 Å². The molecule has 88 valence electrons. The molecule has 0 fully saturated rings. The average molecular weight is 226 g/mol. The Hall–Kier alpha value is -1.67. The van der Waals surface area contributed by atoms with Crippen LogP contribution in [0, 0.1) is 0 Å². The molecule has 0 amide bonds. The Labute approximate surface area is 103 Å². The van der Waals surface area contributed by atoms with Gasteiger partial charge in [0, 0.05) is 24.4 Å². The van der Waals surface area contributed by atoms with Gasteiger partial charge >= 0.3 is 0 Å². The van der Waals surface area contributed by atoms with Crippen LogP contribution in [0.3, 0.4) is 0 Å². The third-order valence-electron chi connectivity index (χ3n) is 3.24. The maximum Gasteiger partial charge on any atom is 0.0314 e. The van der Waals surface area contributed by atoms with Gasteiger partial charge in [0.25, 0.3) is 0 Å². The van der Waals surface area contributed by atoms with Gasteiger partial charge in [0.05, 0.1) is 0 Å². The van der Waals surface area contributed by atoms with Crippen molar-refractivity contribution in [2.75, 3.05) is 13.6 Å². The number of aromatic nitrogens is 1. The lowest BCUT2D eigenvalue weighted by atomic mass is 9.77. The number of benzene rings is 1. The molecule has 0 aliphatic heterocycles. The highest BCUT2D eigenvalue weighted by molar-refractivity contribution is 5.37. The lowest BCUT2D eigenvalue weighted by Crippen LogP contribution is -2.35. The third kappa shape index (κ3) is 2.37. The molecule has 0 saturated heterocycles. The first-order valence-corrected chi connectivity index (χ1v) is 5.88. The molecule has 1 aromatic carbocycles. The topological polar surface area (TPSA) is 24.9 Å². The summed E-state index contributed by atoms with van der Waals surface area (Å²) in [5.41, 5.74) is 2.51. The summed E-state index contributed by atoms with van der Waals surface area (Å²) in [5, 5.41) is 3.28. The Morgan fingerprint density at radius 3 is 2.35 bits per heavy atom. The summed E-state index contributed by atoms with van der Waals surface area (Å²) in [6.07, 6.45) is 3.76. The average Bonchev–Trinajstić information content (AvgIpc) is 2.41. The SMILES string of the molecule is CNCC(C)(c1ccccc1)c1cccnc1. The van der Waals surface area contributed by atoms with E-state index in [-0.39, 0.29) is 5.41 Å². The van der Waals surface area contributed by atoms with E-state index in [9.17, 15) is 0 Å². The number of likely N-dealkylation sites (N-methyl/N-ethyl adjacent to an activating group) is 1. The van der Waals surface area contributed by atoms with E-state index >= 15 is 0 Å². The summed E-state index contributed by atoms with van der Waals surface area (Å²) in [6, 6.07) is 14.7. The van der Waals surface area contributed by atoms with Crippen molar-refractivity contribution in [3.05, 3.63) is 66.0 Å². The minimum absolute atomic E-state index is 0.0374. The van der Waals surface area contributed by atoms with Crippen molar-refractivity contribution in [2.24, 2.45) is 0 Å². The van der Waals surface area contributed by atoms with Gasteiger partial charge in [-0.3, -0.25) is 4.98 Å². The smallest absolute Gasteiger partial charge is 0.0314 e. The number of nitrogens with one attached hydrogen (secondary N) is 1. The van der Waals surface area contributed by atoms with Crippen LogP contribution in [0.4, 0.5) is 0 Å². The Bertz CT molecular complexity index is 411. The second kappa shape index (κ2) is 5.11. The Balaban J connectivity index is 2.47. The van der Waals surface area contributed by atoms with Crippen LogP contribution in [0.5, 0.6) is 0 Å². The molecule has 1 atom stereocenters. The Morgan fingerprint density at radius 1 is 1.06 bits per heavy atom. The van der Waals surface area contributed by atoms with Gasteiger partial charge in [-0.15, -0.1) is 0 Å². The van der Waals surface area contributed by atoms with E-state index in [1.165, 1.54) is 11.1 Å². The third-order valence-corrected chi connectivity index (χ3v) is 3.24. The van der Waals surface area contributed by atoms with Crippen LogP contribution in [0.25, 0.3) is 0 Å². The molecule has 2 nitrogen and oxygen atoms in total. The summed E-state index contributed by atoms with van der Waals surface area (Å²) in [5.74, 6) is 0. The van der Waals surface area contributed by atoms with Crippen molar-refractivity contribution in [1.29, 1.82) is 0 Å². The molecule has 0 aliphatic rings. The van der Waals surface area contributed by atoms with Gasteiger partial charge in [-0.2, -0.15) is 0 Å². The fraction of sp³-hybridized carbons (Fsp3) is 0.267. The first kappa shape index (κ1) is 11.8. The van der Waals surface area contributed by atoms with Crippen molar-refractivity contribution in [3.8, 4) is 0 Å². The van der Waals surface area contributed by atoms with E-state index in [1.807, 2.05) is 31.6 Å². The Kier molecular flexibility index (Phi) is 3.55. The molecule has 1 unspecified atom stereocenters. The summed E-state index contributed by atoms with van der Waals surface area (Å²) >= 11 is 0. The van der Waals surface area contributed by atoms with Crippen LogP contribution in [-0.4, -0.2) is 18.6 Å². The van der Waals surface area contributed by atoms with Crippen LogP contribution < -0.4 is 5.32 Å². The normalized spacial score (nSPS) is 14.2. The summed E-state index contributed by atoms with van der Waals surface area (Å²) in [6.45, 7) is 3.14. The molecule has 0 radical (unpaired) electrons.